The molecule has 1 amide bonds. The highest BCUT2D eigenvalue weighted by Crippen LogP contribution is 2.40. The standard InChI is InChI=1S/C20H20F7N3O/c21-18(22)4-1-11(2-5-18)7-14-16(20(25,26)27)29-15-8-12(3-6-30(14)15)17(31)28-13-9-19(23,24)10-13/h3,6,8,11,13H,1-2,4-5,7,9-10H2,(H,28,31). The number of pyridine rings is 1. The van der Waals surface area contributed by atoms with Crippen LogP contribution in [0, 0.1) is 5.92 Å². The number of carbonyl (C=O) groups excluding carboxylic acids is 1. The fourth-order valence-corrected chi connectivity index (χ4v) is 4.27. The van der Waals surface area contributed by atoms with Crippen molar-refractivity contribution >= 4 is 11.6 Å². The first-order chi connectivity index (χ1) is 14.3. The van der Waals surface area contributed by atoms with E-state index >= 15 is 0 Å². The van der Waals surface area contributed by atoms with Gasteiger partial charge in [-0.1, -0.05) is 0 Å². The zero-order valence-electron chi connectivity index (χ0n) is 16.3. The van der Waals surface area contributed by atoms with E-state index in [1.807, 2.05) is 0 Å². The molecule has 31 heavy (non-hydrogen) atoms. The monoisotopic (exact) mass is 451 g/mol. The van der Waals surface area contributed by atoms with Gasteiger partial charge in [-0.3, -0.25) is 4.79 Å². The van der Waals surface area contributed by atoms with Gasteiger partial charge < -0.3 is 9.72 Å². The van der Waals surface area contributed by atoms with Gasteiger partial charge in [-0.2, -0.15) is 13.2 Å². The van der Waals surface area contributed by atoms with Gasteiger partial charge in [0.05, 0.1) is 5.69 Å². The van der Waals surface area contributed by atoms with E-state index in [0.717, 1.165) is 0 Å². The van der Waals surface area contributed by atoms with Gasteiger partial charge in [0.1, 0.15) is 5.65 Å². The van der Waals surface area contributed by atoms with Crippen molar-refractivity contribution in [3.05, 3.63) is 35.3 Å². The first-order valence-electron chi connectivity index (χ1n) is 9.98. The highest BCUT2D eigenvalue weighted by atomic mass is 19.4. The van der Waals surface area contributed by atoms with Gasteiger partial charge in [-0.05, 0) is 37.3 Å². The number of rotatable bonds is 4. The second kappa shape index (κ2) is 7.37. The normalized spacial score (nSPS) is 21.8. The highest BCUT2D eigenvalue weighted by molar-refractivity contribution is 5.95. The molecule has 2 aromatic rings. The minimum Gasteiger partial charge on any atom is -0.349 e. The molecule has 0 saturated heterocycles. The largest absolute Gasteiger partial charge is 0.435 e. The average Bonchev–Trinajstić information content (AvgIpc) is 3.00. The molecule has 2 aliphatic rings. The molecule has 2 saturated carbocycles. The third-order valence-electron chi connectivity index (χ3n) is 6.00. The van der Waals surface area contributed by atoms with Crippen LogP contribution < -0.4 is 5.32 Å². The van der Waals surface area contributed by atoms with Crippen LogP contribution >= 0.6 is 0 Å². The van der Waals surface area contributed by atoms with Gasteiger partial charge in [0, 0.05) is 43.5 Å². The molecule has 1 N–H and O–H groups in total. The number of aromatic nitrogens is 2. The lowest BCUT2D eigenvalue weighted by Gasteiger charge is -2.35. The van der Waals surface area contributed by atoms with Crippen LogP contribution in [0.3, 0.4) is 0 Å². The number of alkyl halides is 7. The number of hydrogen-bond acceptors (Lipinski definition) is 2. The molecule has 0 atom stereocenters. The Hall–Kier alpha value is -2.33. The molecule has 0 aromatic carbocycles. The van der Waals surface area contributed by atoms with Crippen molar-refractivity contribution in [3.63, 3.8) is 0 Å². The Balaban J connectivity index is 1.58. The second-order valence-corrected chi connectivity index (χ2v) is 8.49. The summed E-state index contributed by atoms with van der Waals surface area (Å²) >= 11 is 0. The number of nitrogens with zero attached hydrogens (tertiary/aromatic N) is 2. The molecule has 2 heterocycles. The molecule has 0 unspecified atom stereocenters. The van der Waals surface area contributed by atoms with Crippen LogP contribution in [0.25, 0.3) is 5.65 Å². The summed E-state index contributed by atoms with van der Waals surface area (Å²) < 4.78 is 94.6. The zero-order chi connectivity index (χ0) is 22.6. The third-order valence-corrected chi connectivity index (χ3v) is 6.00. The fourth-order valence-electron chi connectivity index (χ4n) is 4.27. The smallest absolute Gasteiger partial charge is 0.349 e. The Morgan fingerprint density at radius 2 is 1.77 bits per heavy atom. The SMILES string of the molecule is O=C(NC1CC(F)(F)C1)c1ccn2c(CC3CCC(F)(F)CC3)c(C(F)(F)F)nc2c1. The molecule has 0 radical (unpaired) electrons. The minimum absolute atomic E-state index is 0.00491. The predicted molar refractivity (Wildman–Crippen MR) is 96.2 cm³/mol. The molecule has 4 nitrogen and oxygen atoms in total. The maximum Gasteiger partial charge on any atom is 0.435 e. The number of hydrogen-bond donors (Lipinski definition) is 1. The van der Waals surface area contributed by atoms with Crippen LogP contribution in [0.5, 0.6) is 0 Å². The van der Waals surface area contributed by atoms with Gasteiger partial charge >= 0.3 is 6.18 Å². The first kappa shape index (κ1) is 21.9. The molecule has 11 heteroatoms. The molecule has 4 rings (SSSR count). The molecule has 2 aromatic heterocycles. The van der Waals surface area contributed by atoms with Crippen LogP contribution in [-0.4, -0.2) is 33.2 Å². The van der Waals surface area contributed by atoms with E-state index in [1.165, 1.54) is 22.7 Å². The number of halogens is 7. The lowest BCUT2D eigenvalue weighted by atomic mass is 9.83. The Kier molecular flexibility index (Phi) is 5.20. The van der Waals surface area contributed by atoms with Crippen molar-refractivity contribution < 1.29 is 35.5 Å². The Morgan fingerprint density at radius 3 is 2.35 bits per heavy atom. The quantitative estimate of drug-likeness (QED) is 0.646. The van der Waals surface area contributed by atoms with Gasteiger partial charge in [-0.25, -0.2) is 22.5 Å². The number of carbonyl (C=O) groups is 1. The van der Waals surface area contributed by atoms with E-state index in [-0.39, 0.29) is 54.9 Å². The Labute approximate surface area is 172 Å². The topological polar surface area (TPSA) is 46.4 Å². The van der Waals surface area contributed by atoms with Gasteiger partial charge in [0.15, 0.2) is 5.69 Å². The molecule has 0 bridgehead atoms. The number of imidazole rings is 1. The third kappa shape index (κ3) is 4.64. The molecular formula is C20H20F7N3O. The van der Waals surface area contributed by atoms with E-state index in [2.05, 4.69) is 10.3 Å². The molecule has 0 spiro atoms. The summed E-state index contributed by atoms with van der Waals surface area (Å²) in [6.45, 7) is 0. The maximum atomic E-state index is 13.6. The van der Waals surface area contributed by atoms with Crippen LogP contribution in [0.4, 0.5) is 30.7 Å². The minimum atomic E-state index is -4.75. The highest BCUT2D eigenvalue weighted by Gasteiger charge is 2.46. The summed E-state index contributed by atoms with van der Waals surface area (Å²) in [5, 5.41) is 2.43. The lowest BCUT2D eigenvalue weighted by Crippen LogP contribution is -2.50. The van der Waals surface area contributed by atoms with Gasteiger partial charge in [0.2, 0.25) is 5.92 Å². The first-order valence-corrected chi connectivity index (χ1v) is 9.98. The molecule has 2 fully saturated rings. The Bertz CT molecular complexity index is 981. The van der Waals surface area contributed by atoms with Crippen LogP contribution in [0.15, 0.2) is 18.3 Å². The summed E-state index contributed by atoms with van der Waals surface area (Å²) in [7, 11) is 0. The summed E-state index contributed by atoms with van der Waals surface area (Å²) in [6, 6.07) is 1.77. The molecule has 0 aliphatic heterocycles. The number of fused-ring (bicyclic) bond motifs is 1. The fraction of sp³-hybridized carbons (Fsp3) is 0.600. The van der Waals surface area contributed by atoms with Crippen molar-refractivity contribution in [3.8, 4) is 0 Å². The van der Waals surface area contributed by atoms with Crippen LogP contribution in [0.2, 0.25) is 0 Å². The lowest BCUT2D eigenvalue weighted by molar-refractivity contribution is -0.141. The van der Waals surface area contributed by atoms with Crippen molar-refractivity contribution in [1.82, 2.24) is 14.7 Å². The zero-order valence-corrected chi connectivity index (χ0v) is 16.3. The van der Waals surface area contributed by atoms with Gasteiger partial charge in [-0.15, -0.1) is 0 Å². The molecule has 170 valence electrons. The summed E-state index contributed by atoms with van der Waals surface area (Å²) in [5.74, 6) is -6.60. The van der Waals surface area contributed by atoms with Crippen molar-refractivity contribution in [2.24, 2.45) is 5.92 Å². The van der Waals surface area contributed by atoms with Crippen molar-refractivity contribution in [2.75, 3.05) is 0 Å². The van der Waals surface area contributed by atoms with Gasteiger partial charge in [0.25, 0.3) is 11.8 Å². The van der Waals surface area contributed by atoms with E-state index in [9.17, 15) is 35.5 Å². The maximum absolute atomic E-state index is 13.6. The van der Waals surface area contributed by atoms with Crippen LogP contribution in [-0.2, 0) is 12.6 Å². The van der Waals surface area contributed by atoms with Crippen molar-refractivity contribution in [1.29, 1.82) is 0 Å². The van der Waals surface area contributed by atoms with E-state index in [1.54, 1.807) is 0 Å². The molecule has 2 aliphatic carbocycles. The summed E-state index contributed by atoms with van der Waals surface area (Å²) in [4.78, 5) is 15.9. The summed E-state index contributed by atoms with van der Waals surface area (Å²) in [5.41, 5.74) is -1.36. The van der Waals surface area contributed by atoms with E-state index in [4.69, 9.17) is 0 Å². The second-order valence-electron chi connectivity index (χ2n) is 8.49. The average molecular weight is 451 g/mol. The van der Waals surface area contributed by atoms with E-state index < -0.39 is 48.5 Å². The predicted octanol–water partition coefficient (Wildman–Crippen LogP) is 5.25. The van der Waals surface area contributed by atoms with E-state index in [0.29, 0.717) is 0 Å². The number of amides is 1. The summed E-state index contributed by atoms with van der Waals surface area (Å²) in [6.07, 6.45) is -4.99. The number of nitrogens with one attached hydrogen (secondary N) is 1. The van der Waals surface area contributed by atoms with Crippen molar-refractivity contribution in [2.45, 2.75) is 69.0 Å². The molecular weight excluding hydrogens is 431 g/mol. The Morgan fingerprint density at radius 1 is 1.13 bits per heavy atom. The van der Waals surface area contributed by atoms with Crippen LogP contribution in [0.1, 0.15) is 60.3 Å².